The minimum atomic E-state index is -0.191. The lowest BCUT2D eigenvalue weighted by Crippen LogP contribution is -2.19. The van der Waals surface area contributed by atoms with Crippen molar-refractivity contribution >= 4 is 73.7 Å². The number of rotatable bonds is 6. The van der Waals surface area contributed by atoms with E-state index in [-0.39, 0.29) is 5.91 Å². The van der Waals surface area contributed by atoms with Crippen molar-refractivity contribution in [2.24, 2.45) is 4.99 Å². The first-order valence-electron chi connectivity index (χ1n) is 9.71. The molecule has 1 saturated heterocycles. The van der Waals surface area contributed by atoms with Gasteiger partial charge in [0.25, 0.3) is 5.91 Å². The van der Waals surface area contributed by atoms with E-state index in [1.807, 2.05) is 54.6 Å². The summed E-state index contributed by atoms with van der Waals surface area (Å²) in [6.45, 7) is 0.347. The highest BCUT2D eigenvalue weighted by Gasteiger charge is 2.24. The molecule has 0 aliphatic carbocycles. The Kier molecular flexibility index (Phi) is 7.65. The Morgan fingerprint density at radius 2 is 1.85 bits per heavy atom. The van der Waals surface area contributed by atoms with Crippen LogP contribution in [0.5, 0.6) is 11.5 Å². The summed E-state index contributed by atoms with van der Waals surface area (Å²) in [5.74, 6) is 1.23. The molecule has 0 radical (unpaired) electrons. The lowest BCUT2D eigenvalue weighted by atomic mass is 10.2. The van der Waals surface area contributed by atoms with Gasteiger partial charge in [0.1, 0.15) is 18.1 Å². The maximum Gasteiger partial charge on any atom is 0.264 e. The summed E-state index contributed by atoms with van der Waals surface area (Å²) in [7, 11) is 1.61. The van der Waals surface area contributed by atoms with Gasteiger partial charge in [0.2, 0.25) is 0 Å². The van der Waals surface area contributed by atoms with Gasteiger partial charge in [-0.3, -0.25) is 4.79 Å². The van der Waals surface area contributed by atoms with Crippen LogP contribution >= 0.6 is 50.9 Å². The topological polar surface area (TPSA) is 59.9 Å². The van der Waals surface area contributed by atoms with Crippen molar-refractivity contribution in [3.05, 3.63) is 91.2 Å². The molecule has 33 heavy (non-hydrogen) atoms. The van der Waals surface area contributed by atoms with Crippen LogP contribution in [0.15, 0.2) is 75.0 Å². The number of nitrogens with zero attached hydrogens (tertiary/aromatic N) is 1. The Hall–Kier alpha value is -2.45. The van der Waals surface area contributed by atoms with Gasteiger partial charge in [0, 0.05) is 0 Å². The number of methoxy groups -OCH3 is 1. The molecule has 1 heterocycles. The molecule has 0 bridgehead atoms. The van der Waals surface area contributed by atoms with E-state index in [0.29, 0.717) is 32.5 Å². The Morgan fingerprint density at radius 1 is 1.06 bits per heavy atom. The quantitative estimate of drug-likeness (QED) is 0.321. The lowest BCUT2D eigenvalue weighted by Gasteiger charge is -2.10. The van der Waals surface area contributed by atoms with Crippen LogP contribution in [0, 0.1) is 0 Å². The van der Waals surface area contributed by atoms with Crippen LogP contribution in [0.3, 0.4) is 0 Å². The first-order valence-corrected chi connectivity index (χ1v) is 12.1. The molecule has 3 aromatic carbocycles. The fraction of sp³-hybridized carbons (Fsp3) is 0.0833. The number of ether oxygens (including phenoxy) is 2. The van der Waals surface area contributed by atoms with Gasteiger partial charge in [-0.15, -0.1) is 0 Å². The molecule has 9 heteroatoms. The predicted octanol–water partition coefficient (Wildman–Crippen LogP) is 7.24. The molecule has 4 rings (SSSR count). The maximum absolute atomic E-state index is 12.4. The second-order valence-corrected chi connectivity index (χ2v) is 9.61. The van der Waals surface area contributed by atoms with Gasteiger partial charge in [0.05, 0.1) is 32.2 Å². The second-order valence-electron chi connectivity index (χ2n) is 6.91. The number of hydrogen-bond donors (Lipinski definition) is 1. The van der Waals surface area contributed by atoms with Crippen molar-refractivity contribution in [1.29, 1.82) is 0 Å². The van der Waals surface area contributed by atoms with Crippen LogP contribution in [-0.4, -0.2) is 18.2 Å². The molecular formula is C24H17BrCl2N2O3S. The van der Waals surface area contributed by atoms with Crippen LogP contribution in [0.25, 0.3) is 6.08 Å². The molecule has 5 nitrogen and oxygen atoms in total. The molecule has 1 fully saturated rings. The van der Waals surface area contributed by atoms with Crippen LogP contribution in [0.1, 0.15) is 11.1 Å². The molecule has 1 aliphatic heterocycles. The SMILES string of the molecule is COc1ccc(N=C2NC(=O)/C(=C\c3ccc(OCc4ccc(Cl)c(Cl)c4)c(Br)c3)S2)cc1. The number of aliphatic imine (C=N–C) groups is 1. The summed E-state index contributed by atoms with van der Waals surface area (Å²) in [5, 5.41) is 4.31. The first-order chi connectivity index (χ1) is 15.9. The van der Waals surface area contributed by atoms with Crippen molar-refractivity contribution in [1.82, 2.24) is 5.32 Å². The van der Waals surface area contributed by atoms with Crippen LogP contribution in [0.2, 0.25) is 10.0 Å². The van der Waals surface area contributed by atoms with Gasteiger partial charge in [-0.25, -0.2) is 4.99 Å². The normalized spacial score (nSPS) is 15.7. The third-order valence-electron chi connectivity index (χ3n) is 4.59. The van der Waals surface area contributed by atoms with E-state index in [4.69, 9.17) is 32.7 Å². The zero-order valence-corrected chi connectivity index (χ0v) is 21.2. The molecule has 0 atom stereocenters. The van der Waals surface area contributed by atoms with Crippen molar-refractivity contribution in [3.8, 4) is 11.5 Å². The standard InChI is InChI=1S/C24H17BrCl2N2O3S/c1-31-17-6-4-16(5-7-17)28-24-29-23(30)22(33-24)12-14-3-9-21(18(25)10-14)32-13-15-2-8-19(26)20(27)11-15/h2-12H,13H2,1H3,(H,28,29,30)/b22-12+. The van der Waals surface area contributed by atoms with Gasteiger partial charge < -0.3 is 14.8 Å². The van der Waals surface area contributed by atoms with Crippen LogP contribution in [0.4, 0.5) is 5.69 Å². The molecule has 0 aromatic heterocycles. The largest absolute Gasteiger partial charge is 0.497 e. The third kappa shape index (κ3) is 6.12. The van der Waals surface area contributed by atoms with Gasteiger partial charge in [-0.1, -0.05) is 35.3 Å². The summed E-state index contributed by atoms with van der Waals surface area (Å²) in [6, 6.07) is 18.3. The van der Waals surface area contributed by atoms with Gasteiger partial charge in [-0.05, 0) is 93.4 Å². The number of benzene rings is 3. The van der Waals surface area contributed by atoms with E-state index in [2.05, 4.69) is 26.2 Å². The van der Waals surface area contributed by atoms with Gasteiger partial charge in [-0.2, -0.15) is 0 Å². The molecule has 0 unspecified atom stereocenters. The number of carbonyl (C=O) groups is 1. The number of amidine groups is 1. The van der Waals surface area contributed by atoms with E-state index < -0.39 is 0 Å². The molecule has 1 aliphatic rings. The number of carbonyl (C=O) groups excluding carboxylic acids is 1. The monoisotopic (exact) mass is 562 g/mol. The van der Waals surface area contributed by atoms with Crippen molar-refractivity contribution in [2.45, 2.75) is 6.61 Å². The van der Waals surface area contributed by atoms with Crippen molar-refractivity contribution in [2.75, 3.05) is 7.11 Å². The fourth-order valence-electron chi connectivity index (χ4n) is 2.92. The highest BCUT2D eigenvalue weighted by molar-refractivity contribution is 9.10. The molecule has 168 valence electrons. The highest BCUT2D eigenvalue weighted by atomic mass is 79.9. The second kappa shape index (κ2) is 10.7. The van der Waals surface area contributed by atoms with Gasteiger partial charge >= 0.3 is 0 Å². The number of hydrogen-bond acceptors (Lipinski definition) is 5. The Morgan fingerprint density at radius 3 is 2.55 bits per heavy atom. The Labute approximate surface area is 213 Å². The average Bonchev–Trinajstić information content (AvgIpc) is 3.14. The van der Waals surface area contributed by atoms with E-state index in [0.717, 1.165) is 27.0 Å². The molecule has 0 saturated carbocycles. The van der Waals surface area contributed by atoms with E-state index in [9.17, 15) is 4.79 Å². The molecule has 3 aromatic rings. The van der Waals surface area contributed by atoms with Crippen molar-refractivity contribution < 1.29 is 14.3 Å². The average molecular weight is 564 g/mol. The zero-order valence-electron chi connectivity index (χ0n) is 17.3. The summed E-state index contributed by atoms with van der Waals surface area (Å²) in [4.78, 5) is 17.4. The zero-order chi connectivity index (χ0) is 23.4. The summed E-state index contributed by atoms with van der Waals surface area (Å²) < 4.78 is 11.8. The highest BCUT2D eigenvalue weighted by Crippen LogP contribution is 2.32. The number of nitrogens with one attached hydrogen (secondary N) is 1. The summed E-state index contributed by atoms with van der Waals surface area (Å²) in [6.07, 6.45) is 1.81. The summed E-state index contributed by atoms with van der Waals surface area (Å²) in [5.41, 5.74) is 2.49. The lowest BCUT2D eigenvalue weighted by molar-refractivity contribution is -0.115. The van der Waals surface area contributed by atoms with E-state index >= 15 is 0 Å². The minimum absolute atomic E-state index is 0.191. The number of halogens is 3. The number of thioether (sulfide) groups is 1. The number of amides is 1. The summed E-state index contributed by atoms with van der Waals surface area (Å²) >= 11 is 16.8. The first kappa shape index (κ1) is 23.7. The van der Waals surface area contributed by atoms with Crippen LogP contribution < -0.4 is 14.8 Å². The van der Waals surface area contributed by atoms with Crippen molar-refractivity contribution in [3.63, 3.8) is 0 Å². The van der Waals surface area contributed by atoms with E-state index in [1.54, 1.807) is 19.2 Å². The Bertz CT molecular complexity index is 1260. The smallest absolute Gasteiger partial charge is 0.264 e. The third-order valence-corrected chi connectivity index (χ3v) is 6.85. The van der Waals surface area contributed by atoms with E-state index in [1.165, 1.54) is 11.8 Å². The maximum atomic E-state index is 12.4. The van der Waals surface area contributed by atoms with Crippen LogP contribution in [-0.2, 0) is 11.4 Å². The fourth-order valence-corrected chi connectivity index (χ4v) is 4.59. The molecular weight excluding hydrogens is 547 g/mol. The molecule has 0 spiro atoms. The molecule has 1 amide bonds. The van der Waals surface area contributed by atoms with Gasteiger partial charge in [0.15, 0.2) is 5.17 Å². The Balaban J connectivity index is 1.43. The molecule has 1 N–H and O–H groups in total. The minimum Gasteiger partial charge on any atom is -0.497 e. The predicted molar refractivity (Wildman–Crippen MR) is 139 cm³/mol.